The Kier molecular flexibility index (Phi) is 12.0. The quantitative estimate of drug-likeness (QED) is 0.488. The Labute approximate surface area is 171 Å². The molecule has 0 N–H and O–H groups in total. The fraction of sp³-hybridized carbons (Fsp3) is 0.360. The number of fused-ring (bicyclic) bond motifs is 1. The van der Waals surface area contributed by atoms with E-state index in [-0.39, 0.29) is 0 Å². The van der Waals surface area contributed by atoms with Crippen molar-refractivity contribution in [1.82, 2.24) is 9.97 Å². The SMILES string of the molecule is CC.CC.CCc1nccc(N2CCCc3ccccc32)n1.c1ccccc1. The van der Waals surface area contributed by atoms with Crippen molar-refractivity contribution in [1.29, 1.82) is 0 Å². The summed E-state index contributed by atoms with van der Waals surface area (Å²) in [5, 5.41) is 0. The molecule has 1 aliphatic rings. The maximum Gasteiger partial charge on any atom is 0.136 e. The molecule has 0 amide bonds. The lowest BCUT2D eigenvalue weighted by atomic mass is 10.0. The second-order valence-corrected chi connectivity index (χ2v) is 5.72. The van der Waals surface area contributed by atoms with Crippen molar-refractivity contribution < 1.29 is 0 Å². The van der Waals surface area contributed by atoms with Crippen molar-refractivity contribution >= 4 is 11.5 Å². The monoisotopic (exact) mass is 377 g/mol. The molecule has 0 atom stereocenters. The van der Waals surface area contributed by atoms with Gasteiger partial charge in [0.2, 0.25) is 0 Å². The minimum atomic E-state index is 0.878. The topological polar surface area (TPSA) is 29.0 Å². The third kappa shape index (κ3) is 7.15. The first kappa shape index (κ1) is 23.4. The van der Waals surface area contributed by atoms with Gasteiger partial charge in [-0.2, -0.15) is 0 Å². The molecule has 0 aliphatic carbocycles. The minimum Gasteiger partial charge on any atom is -0.326 e. The molecule has 0 saturated carbocycles. The maximum atomic E-state index is 4.63. The number of rotatable bonds is 2. The van der Waals surface area contributed by atoms with Gasteiger partial charge in [-0.05, 0) is 30.5 Å². The van der Waals surface area contributed by atoms with Gasteiger partial charge in [0, 0.05) is 24.8 Å². The summed E-state index contributed by atoms with van der Waals surface area (Å²) in [6.07, 6.45) is 5.09. The lowest BCUT2D eigenvalue weighted by Gasteiger charge is -2.30. The van der Waals surface area contributed by atoms with E-state index in [4.69, 9.17) is 0 Å². The molecule has 3 heteroatoms. The third-order valence-electron chi connectivity index (χ3n) is 4.06. The molecule has 0 radical (unpaired) electrons. The van der Waals surface area contributed by atoms with Crippen molar-refractivity contribution in [3.63, 3.8) is 0 Å². The largest absolute Gasteiger partial charge is 0.326 e. The smallest absolute Gasteiger partial charge is 0.136 e. The molecule has 0 fully saturated rings. The van der Waals surface area contributed by atoms with E-state index in [1.54, 1.807) is 0 Å². The Morgan fingerprint density at radius 2 is 1.43 bits per heavy atom. The molecular formula is C25H35N3. The van der Waals surface area contributed by atoms with Crippen LogP contribution in [-0.2, 0) is 12.8 Å². The van der Waals surface area contributed by atoms with Gasteiger partial charge in [0.25, 0.3) is 0 Å². The van der Waals surface area contributed by atoms with E-state index in [1.165, 1.54) is 24.1 Å². The normalized spacial score (nSPS) is 11.4. The van der Waals surface area contributed by atoms with Gasteiger partial charge >= 0.3 is 0 Å². The highest BCUT2D eigenvalue weighted by atomic mass is 15.2. The molecular weight excluding hydrogens is 342 g/mol. The molecule has 2 aromatic carbocycles. The summed E-state index contributed by atoms with van der Waals surface area (Å²) < 4.78 is 0. The summed E-state index contributed by atoms with van der Waals surface area (Å²) in [4.78, 5) is 11.2. The van der Waals surface area contributed by atoms with Gasteiger partial charge in [-0.3, -0.25) is 0 Å². The van der Waals surface area contributed by atoms with Crippen LogP contribution in [0.5, 0.6) is 0 Å². The standard InChI is InChI=1S/C15H17N3.C6H6.2C2H6/c1-2-14-16-10-9-15(17-14)18-11-5-7-12-6-3-4-8-13(12)18;1-2-4-6-5-3-1;2*1-2/h3-4,6,8-10H,2,5,7,11H2,1H3;1-6H;2*1-2H3. The number of aryl methyl sites for hydroxylation is 2. The fourth-order valence-corrected chi connectivity index (χ4v) is 2.87. The van der Waals surface area contributed by atoms with Gasteiger partial charge in [0.05, 0.1) is 0 Å². The van der Waals surface area contributed by atoms with Crippen LogP contribution in [0.2, 0.25) is 0 Å². The first-order chi connectivity index (χ1) is 13.9. The van der Waals surface area contributed by atoms with Gasteiger partial charge < -0.3 is 4.90 Å². The van der Waals surface area contributed by atoms with Crippen LogP contribution in [-0.4, -0.2) is 16.5 Å². The molecule has 3 aromatic rings. The number of aromatic nitrogens is 2. The number of para-hydroxylation sites is 1. The first-order valence-corrected chi connectivity index (χ1v) is 10.6. The van der Waals surface area contributed by atoms with E-state index in [0.717, 1.165) is 24.6 Å². The number of hydrogen-bond donors (Lipinski definition) is 0. The highest BCUT2D eigenvalue weighted by Gasteiger charge is 2.18. The predicted octanol–water partition coefficient (Wildman–Crippen LogP) is 6.86. The van der Waals surface area contributed by atoms with E-state index in [2.05, 4.69) is 46.1 Å². The predicted molar refractivity (Wildman–Crippen MR) is 122 cm³/mol. The average molecular weight is 378 g/mol. The van der Waals surface area contributed by atoms with Crippen molar-refractivity contribution in [2.24, 2.45) is 0 Å². The molecule has 3 nitrogen and oxygen atoms in total. The Hall–Kier alpha value is -2.68. The van der Waals surface area contributed by atoms with Crippen molar-refractivity contribution in [3.05, 3.63) is 84.3 Å². The van der Waals surface area contributed by atoms with Gasteiger partial charge in [0.1, 0.15) is 11.6 Å². The number of benzene rings is 2. The molecule has 0 bridgehead atoms. The summed E-state index contributed by atoms with van der Waals surface area (Å²) in [6.45, 7) is 11.1. The van der Waals surface area contributed by atoms with E-state index >= 15 is 0 Å². The molecule has 0 unspecified atom stereocenters. The zero-order valence-corrected chi connectivity index (χ0v) is 18.1. The van der Waals surface area contributed by atoms with Crippen molar-refractivity contribution in [3.8, 4) is 0 Å². The summed E-state index contributed by atoms with van der Waals surface area (Å²) in [6, 6.07) is 22.6. The lowest BCUT2D eigenvalue weighted by Crippen LogP contribution is -2.25. The molecule has 2 heterocycles. The highest BCUT2D eigenvalue weighted by Crippen LogP contribution is 2.31. The van der Waals surface area contributed by atoms with Gasteiger partial charge in [-0.1, -0.05) is 89.2 Å². The van der Waals surface area contributed by atoms with Crippen LogP contribution in [0.15, 0.2) is 72.9 Å². The zero-order chi connectivity index (χ0) is 20.6. The summed E-state index contributed by atoms with van der Waals surface area (Å²) in [5.41, 5.74) is 2.71. The molecule has 150 valence electrons. The van der Waals surface area contributed by atoms with Crippen LogP contribution < -0.4 is 4.90 Å². The molecule has 4 rings (SSSR count). The first-order valence-electron chi connectivity index (χ1n) is 10.6. The van der Waals surface area contributed by atoms with Gasteiger partial charge in [-0.25, -0.2) is 9.97 Å². The summed E-state index contributed by atoms with van der Waals surface area (Å²) >= 11 is 0. The molecule has 0 saturated heterocycles. The number of hydrogen-bond acceptors (Lipinski definition) is 3. The minimum absolute atomic E-state index is 0.878. The third-order valence-corrected chi connectivity index (χ3v) is 4.06. The van der Waals surface area contributed by atoms with Crippen molar-refractivity contribution in [2.45, 2.75) is 53.9 Å². The maximum absolute atomic E-state index is 4.63. The van der Waals surface area contributed by atoms with E-state index in [1.807, 2.05) is 76.4 Å². The van der Waals surface area contributed by atoms with E-state index < -0.39 is 0 Å². The van der Waals surface area contributed by atoms with E-state index in [0.29, 0.717) is 0 Å². The molecule has 1 aromatic heterocycles. The second kappa shape index (κ2) is 14.4. The second-order valence-electron chi connectivity index (χ2n) is 5.72. The molecule has 0 spiro atoms. The van der Waals surface area contributed by atoms with Crippen LogP contribution in [0.25, 0.3) is 0 Å². The van der Waals surface area contributed by atoms with Gasteiger partial charge in [-0.15, -0.1) is 0 Å². The zero-order valence-electron chi connectivity index (χ0n) is 18.1. The van der Waals surface area contributed by atoms with Crippen LogP contribution in [0.3, 0.4) is 0 Å². The molecule has 1 aliphatic heterocycles. The van der Waals surface area contributed by atoms with Crippen LogP contribution in [0, 0.1) is 0 Å². The Balaban J connectivity index is 0.000000329. The Morgan fingerprint density at radius 1 is 0.821 bits per heavy atom. The van der Waals surface area contributed by atoms with Crippen LogP contribution >= 0.6 is 0 Å². The summed E-state index contributed by atoms with van der Waals surface area (Å²) in [5.74, 6) is 1.93. The van der Waals surface area contributed by atoms with Crippen LogP contribution in [0.4, 0.5) is 11.5 Å². The Bertz CT molecular complexity index is 730. The summed E-state index contributed by atoms with van der Waals surface area (Å²) in [7, 11) is 0. The number of nitrogens with zero attached hydrogens (tertiary/aromatic N) is 3. The van der Waals surface area contributed by atoms with Crippen molar-refractivity contribution in [2.75, 3.05) is 11.4 Å². The Morgan fingerprint density at radius 3 is 2.04 bits per heavy atom. The number of anilines is 2. The highest BCUT2D eigenvalue weighted by molar-refractivity contribution is 5.65. The van der Waals surface area contributed by atoms with Crippen LogP contribution in [0.1, 0.15) is 52.4 Å². The average Bonchev–Trinajstić information content (AvgIpc) is 2.83. The fourth-order valence-electron chi connectivity index (χ4n) is 2.87. The lowest BCUT2D eigenvalue weighted by molar-refractivity contribution is 0.754. The molecule has 28 heavy (non-hydrogen) atoms. The van der Waals surface area contributed by atoms with Gasteiger partial charge in [0.15, 0.2) is 0 Å². The van der Waals surface area contributed by atoms with E-state index in [9.17, 15) is 0 Å².